The number of aliphatic hydroxyl groups excluding tert-OH is 1. The zero-order valence-corrected chi connectivity index (χ0v) is 9.54. The number of halogens is 1. The molecule has 0 radical (unpaired) electrons. The second-order valence-electron chi connectivity index (χ2n) is 4.50. The molecule has 3 heteroatoms. The van der Waals surface area contributed by atoms with E-state index in [1.54, 1.807) is 0 Å². The van der Waals surface area contributed by atoms with Crippen LogP contribution in [0.25, 0.3) is 0 Å². The zero-order chi connectivity index (χ0) is 11.1. The van der Waals surface area contributed by atoms with E-state index in [0.717, 1.165) is 12.0 Å². The normalized spacial score (nSPS) is 31.3. The monoisotopic (exact) mass is 225 g/mol. The van der Waals surface area contributed by atoms with Gasteiger partial charge >= 0.3 is 0 Å². The highest BCUT2D eigenvalue weighted by molar-refractivity contribution is 6.30. The van der Waals surface area contributed by atoms with E-state index in [0.29, 0.717) is 17.5 Å². The van der Waals surface area contributed by atoms with Gasteiger partial charge in [0.05, 0.1) is 6.10 Å². The van der Waals surface area contributed by atoms with Gasteiger partial charge in [0.25, 0.3) is 0 Å². The Morgan fingerprint density at radius 1 is 1.67 bits per heavy atom. The number of rotatable bonds is 3. The van der Waals surface area contributed by atoms with E-state index < -0.39 is 6.10 Å². The summed E-state index contributed by atoms with van der Waals surface area (Å²) in [5.41, 5.74) is 6.49. The van der Waals surface area contributed by atoms with Gasteiger partial charge in [-0.05, 0) is 30.0 Å². The van der Waals surface area contributed by atoms with Gasteiger partial charge in [0, 0.05) is 17.0 Å². The van der Waals surface area contributed by atoms with Gasteiger partial charge in [0.2, 0.25) is 0 Å². The molecule has 0 bridgehead atoms. The van der Waals surface area contributed by atoms with Crippen molar-refractivity contribution in [3.05, 3.63) is 34.9 Å². The summed E-state index contributed by atoms with van der Waals surface area (Å²) in [5, 5.41) is 10.9. The molecular formula is C12H16ClNO. The Bertz CT molecular complexity index is 364. The van der Waals surface area contributed by atoms with Gasteiger partial charge in [-0.3, -0.25) is 0 Å². The fourth-order valence-electron chi connectivity index (χ4n) is 2.30. The third kappa shape index (κ3) is 1.78. The van der Waals surface area contributed by atoms with Gasteiger partial charge in [-0.2, -0.15) is 0 Å². The summed E-state index contributed by atoms with van der Waals surface area (Å²) in [5.74, 6) is 0.497. The summed E-state index contributed by atoms with van der Waals surface area (Å²) in [6.45, 7) is 2.66. The summed E-state index contributed by atoms with van der Waals surface area (Å²) in [4.78, 5) is 0. The molecule has 2 rings (SSSR count). The average Bonchev–Trinajstić information content (AvgIpc) is 2.90. The van der Waals surface area contributed by atoms with Crippen LogP contribution in [0.3, 0.4) is 0 Å². The Hall–Kier alpha value is -0.570. The van der Waals surface area contributed by atoms with Gasteiger partial charge in [0.15, 0.2) is 0 Å². The fraction of sp³-hybridized carbons (Fsp3) is 0.500. The van der Waals surface area contributed by atoms with E-state index in [4.69, 9.17) is 17.3 Å². The highest BCUT2D eigenvalue weighted by atomic mass is 35.5. The van der Waals surface area contributed by atoms with Crippen molar-refractivity contribution in [3.8, 4) is 0 Å². The summed E-state index contributed by atoms with van der Waals surface area (Å²) in [6.07, 6.45) is 0.508. The first-order valence-corrected chi connectivity index (χ1v) is 5.61. The minimum absolute atomic E-state index is 0.120. The third-order valence-corrected chi connectivity index (χ3v) is 3.83. The molecule has 0 aromatic heterocycles. The molecule has 1 aromatic carbocycles. The van der Waals surface area contributed by atoms with Crippen LogP contribution in [-0.2, 0) is 0 Å². The van der Waals surface area contributed by atoms with Crippen LogP contribution in [-0.4, -0.2) is 11.7 Å². The van der Waals surface area contributed by atoms with Crippen molar-refractivity contribution in [2.24, 2.45) is 17.1 Å². The maximum atomic E-state index is 10.3. The molecular weight excluding hydrogens is 210 g/mol. The van der Waals surface area contributed by atoms with E-state index in [1.807, 2.05) is 24.3 Å². The van der Waals surface area contributed by atoms with Crippen LogP contribution in [0, 0.1) is 11.3 Å². The lowest BCUT2D eigenvalue weighted by Gasteiger charge is -2.22. The van der Waals surface area contributed by atoms with E-state index in [-0.39, 0.29) is 5.41 Å². The van der Waals surface area contributed by atoms with Gasteiger partial charge in [-0.25, -0.2) is 0 Å². The molecule has 2 nitrogen and oxygen atoms in total. The highest BCUT2D eigenvalue weighted by Crippen LogP contribution is 2.59. The van der Waals surface area contributed by atoms with E-state index in [9.17, 15) is 5.11 Å². The van der Waals surface area contributed by atoms with Crippen molar-refractivity contribution in [1.29, 1.82) is 0 Å². The second-order valence-corrected chi connectivity index (χ2v) is 4.94. The standard InChI is InChI=1S/C12H16ClNO/c1-8-6-12(8,7-14)11(15)9-3-2-4-10(13)5-9/h2-5,8,11,15H,6-7,14H2,1H3/t8-,11-,12+/m1/s1. The number of nitrogens with two attached hydrogens (primary N) is 1. The molecule has 0 amide bonds. The van der Waals surface area contributed by atoms with Gasteiger partial charge < -0.3 is 10.8 Å². The quantitative estimate of drug-likeness (QED) is 0.830. The Labute approximate surface area is 95.1 Å². The van der Waals surface area contributed by atoms with Crippen LogP contribution in [0.4, 0.5) is 0 Å². The van der Waals surface area contributed by atoms with Crippen LogP contribution in [0.2, 0.25) is 5.02 Å². The number of hydrogen-bond donors (Lipinski definition) is 2. The number of aliphatic hydroxyl groups is 1. The molecule has 1 saturated carbocycles. The first kappa shape index (κ1) is 10.9. The van der Waals surface area contributed by atoms with Crippen molar-refractivity contribution < 1.29 is 5.11 Å². The van der Waals surface area contributed by atoms with Crippen molar-refractivity contribution >= 4 is 11.6 Å². The Morgan fingerprint density at radius 2 is 2.33 bits per heavy atom. The molecule has 0 spiro atoms. The van der Waals surface area contributed by atoms with Crippen molar-refractivity contribution in [2.45, 2.75) is 19.4 Å². The second kappa shape index (κ2) is 3.78. The topological polar surface area (TPSA) is 46.2 Å². The Morgan fingerprint density at radius 3 is 2.80 bits per heavy atom. The van der Waals surface area contributed by atoms with Crippen LogP contribution >= 0.6 is 11.6 Å². The molecule has 15 heavy (non-hydrogen) atoms. The summed E-state index contributed by atoms with van der Waals surface area (Å²) in [7, 11) is 0. The summed E-state index contributed by atoms with van der Waals surface area (Å²) >= 11 is 5.90. The van der Waals surface area contributed by atoms with Crippen LogP contribution in [0.1, 0.15) is 25.0 Å². The lowest BCUT2D eigenvalue weighted by Crippen LogP contribution is -2.25. The Kier molecular flexibility index (Phi) is 2.75. The van der Waals surface area contributed by atoms with Gasteiger partial charge in [0.1, 0.15) is 0 Å². The molecule has 1 aliphatic rings. The maximum Gasteiger partial charge on any atom is 0.0861 e. The smallest absolute Gasteiger partial charge is 0.0861 e. The molecule has 1 aromatic rings. The molecule has 3 atom stereocenters. The molecule has 0 aliphatic heterocycles. The summed E-state index contributed by atoms with van der Waals surface area (Å²) in [6, 6.07) is 7.38. The van der Waals surface area contributed by atoms with Gasteiger partial charge in [-0.1, -0.05) is 30.7 Å². The highest BCUT2D eigenvalue weighted by Gasteiger charge is 2.55. The van der Waals surface area contributed by atoms with E-state index in [1.165, 1.54) is 0 Å². The first-order chi connectivity index (χ1) is 7.10. The van der Waals surface area contributed by atoms with Crippen molar-refractivity contribution in [3.63, 3.8) is 0 Å². The molecule has 0 heterocycles. The maximum absolute atomic E-state index is 10.3. The van der Waals surface area contributed by atoms with Crippen LogP contribution in [0.15, 0.2) is 24.3 Å². The SMILES string of the molecule is C[C@@H]1C[C@@]1(CN)[C@H](O)c1cccc(Cl)c1. The predicted octanol–water partition coefficient (Wildman–Crippen LogP) is 2.36. The summed E-state index contributed by atoms with van der Waals surface area (Å²) < 4.78 is 0. The molecule has 1 aliphatic carbocycles. The molecule has 1 fully saturated rings. The predicted molar refractivity (Wildman–Crippen MR) is 61.7 cm³/mol. The minimum Gasteiger partial charge on any atom is -0.388 e. The van der Waals surface area contributed by atoms with Crippen molar-refractivity contribution in [1.82, 2.24) is 0 Å². The zero-order valence-electron chi connectivity index (χ0n) is 8.78. The Balaban J connectivity index is 2.25. The number of benzene rings is 1. The average molecular weight is 226 g/mol. The fourth-order valence-corrected chi connectivity index (χ4v) is 2.50. The van der Waals surface area contributed by atoms with Gasteiger partial charge in [-0.15, -0.1) is 0 Å². The van der Waals surface area contributed by atoms with E-state index >= 15 is 0 Å². The molecule has 0 unspecified atom stereocenters. The molecule has 82 valence electrons. The van der Waals surface area contributed by atoms with E-state index in [2.05, 4.69) is 6.92 Å². The largest absolute Gasteiger partial charge is 0.388 e. The van der Waals surface area contributed by atoms with Crippen LogP contribution < -0.4 is 5.73 Å². The lowest BCUT2D eigenvalue weighted by atomic mass is 9.91. The third-order valence-electron chi connectivity index (χ3n) is 3.60. The minimum atomic E-state index is -0.490. The van der Waals surface area contributed by atoms with Crippen LogP contribution in [0.5, 0.6) is 0 Å². The molecule has 3 N–H and O–H groups in total. The first-order valence-electron chi connectivity index (χ1n) is 5.24. The lowest BCUT2D eigenvalue weighted by molar-refractivity contribution is 0.0889. The molecule has 0 saturated heterocycles. The number of hydrogen-bond acceptors (Lipinski definition) is 2. The van der Waals surface area contributed by atoms with Crippen molar-refractivity contribution in [2.75, 3.05) is 6.54 Å².